The lowest BCUT2D eigenvalue weighted by Crippen LogP contribution is -2.57. The molecule has 0 radical (unpaired) electrons. The average molecular weight is 711 g/mol. The number of rotatable bonds is 6. The Kier molecular flexibility index (Phi) is 8.24. The molecule has 0 spiro atoms. The van der Waals surface area contributed by atoms with Crippen molar-refractivity contribution in [1.29, 1.82) is 0 Å². The van der Waals surface area contributed by atoms with Crippen LogP contribution in [0.15, 0.2) is 24.7 Å². The molecule has 14 heteroatoms. The minimum Gasteiger partial charge on any atom is -0.444 e. The van der Waals surface area contributed by atoms with E-state index in [-0.39, 0.29) is 35.5 Å². The van der Waals surface area contributed by atoms with E-state index in [1.807, 2.05) is 31.7 Å². The number of amides is 2. The largest absolute Gasteiger partial charge is 0.444 e. The van der Waals surface area contributed by atoms with E-state index in [1.165, 1.54) is 16.9 Å². The van der Waals surface area contributed by atoms with Gasteiger partial charge >= 0.3 is 6.09 Å². The molecular formula is C29H37F2IN8O3. The maximum absolute atomic E-state index is 14.0. The van der Waals surface area contributed by atoms with Gasteiger partial charge in [0.2, 0.25) is 0 Å². The highest BCUT2D eigenvalue weighted by molar-refractivity contribution is 14.1. The molecule has 11 nitrogen and oxygen atoms in total. The summed E-state index contributed by atoms with van der Waals surface area (Å²) in [5.74, 6) is 0.730. The fourth-order valence-corrected chi connectivity index (χ4v) is 7.38. The minimum atomic E-state index is -2.83. The average Bonchev–Trinajstić information content (AvgIpc) is 3.65. The molecule has 2 unspecified atom stereocenters. The van der Waals surface area contributed by atoms with Crippen LogP contribution in [0.4, 0.5) is 25.1 Å². The van der Waals surface area contributed by atoms with Gasteiger partial charge in [-0.3, -0.25) is 14.4 Å². The number of carbonyl (C=O) groups is 2. The minimum absolute atomic E-state index is 0.000216. The first-order chi connectivity index (χ1) is 20.5. The highest BCUT2D eigenvalue weighted by Gasteiger charge is 2.44. The van der Waals surface area contributed by atoms with Crippen molar-refractivity contribution in [3.63, 3.8) is 0 Å². The van der Waals surface area contributed by atoms with Gasteiger partial charge < -0.3 is 15.0 Å². The summed E-state index contributed by atoms with van der Waals surface area (Å²) >= 11 is 2.39. The molecule has 1 aliphatic carbocycles. The molecule has 1 N–H and O–H groups in total. The summed E-state index contributed by atoms with van der Waals surface area (Å²) in [6, 6.07) is 1.87. The maximum Gasteiger partial charge on any atom is 0.410 e. The zero-order valence-electron chi connectivity index (χ0n) is 24.5. The van der Waals surface area contributed by atoms with Gasteiger partial charge in [0, 0.05) is 29.9 Å². The number of fused-ring (bicyclic) bond motifs is 3. The monoisotopic (exact) mass is 710 g/mol. The van der Waals surface area contributed by atoms with Gasteiger partial charge in [0.1, 0.15) is 17.0 Å². The van der Waals surface area contributed by atoms with Gasteiger partial charge in [0.15, 0.2) is 11.3 Å². The van der Waals surface area contributed by atoms with E-state index in [1.54, 1.807) is 10.9 Å². The van der Waals surface area contributed by atoms with Crippen molar-refractivity contribution >= 4 is 51.7 Å². The van der Waals surface area contributed by atoms with Gasteiger partial charge in [0.05, 0.1) is 30.0 Å². The van der Waals surface area contributed by atoms with Crippen LogP contribution in [0.2, 0.25) is 0 Å². The lowest BCUT2D eigenvalue weighted by molar-refractivity contribution is 0.0122. The number of hydrogen-bond donors (Lipinski definition) is 1. The van der Waals surface area contributed by atoms with Gasteiger partial charge in [-0.15, -0.1) is 0 Å². The number of carbonyl (C=O) groups excluding carboxylic acids is 2. The fraction of sp³-hybridized carbons (Fsp3) is 0.621. The number of piperazine rings is 1. The number of nitrogens with zero attached hydrogens (tertiary/aromatic N) is 7. The van der Waals surface area contributed by atoms with Crippen molar-refractivity contribution in [3.8, 4) is 0 Å². The second-order valence-corrected chi connectivity index (χ2v) is 13.7. The molecule has 1 saturated carbocycles. The van der Waals surface area contributed by atoms with E-state index in [0.717, 1.165) is 43.0 Å². The zero-order valence-corrected chi connectivity index (χ0v) is 26.7. The second kappa shape index (κ2) is 11.8. The molecule has 2 aliphatic heterocycles. The van der Waals surface area contributed by atoms with Crippen LogP contribution in [0.1, 0.15) is 87.8 Å². The van der Waals surface area contributed by atoms with Crippen LogP contribution in [0.25, 0.3) is 5.65 Å². The van der Waals surface area contributed by atoms with Crippen LogP contribution in [0.5, 0.6) is 0 Å². The molecule has 43 heavy (non-hydrogen) atoms. The molecule has 232 valence electrons. The number of hydrogen-bond acceptors (Lipinski definition) is 7. The molecule has 2 amide bonds. The summed E-state index contributed by atoms with van der Waals surface area (Å²) < 4.78 is 37.7. The zero-order chi connectivity index (χ0) is 30.5. The Hall–Kier alpha value is -3.04. The summed E-state index contributed by atoms with van der Waals surface area (Å²) in [4.78, 5) is 35.0. The third-order valence-corrected chi connectivity index (χ3v) is 9.88. The molecular weight excluding hydrogens is 673 g/mol. The highest BCUT2D eigenvalue weighted by Crippen LogP contribution is 2.36. The van der Waals surface area contributed by atoms with E-state index in [4.69, 9.17) is 9.72 Å². The molecule has 2 saturated heterocycles. The molecule has 6 rings (SSSR count). The standard InChI is InChI=1S/C29H37F2IN8O3/c1-29(2,3)43-28(42)40-19-8-9-20(40)15-37(14-19)23-10-11-38-26(35-23)21(13-33-38)27(41)34-22-16-39(36-24(22)25(30)31)18-6-4-17(12-32)5-7-18/h10-11,13,16-20,25H,4-9,12,14-15H2,1-3H3,(H,34,41). The summed E-state index contributed by atoms with van der Waals surface area (Å²) in [6.07, 6.45) is 7.10. The first kappa shape index (κ1) is 30.0. The van der Waals surface area contributed by atoms with Gasteiger partial charge in [-0.25, -0.2) is 23.1 Å². The van der Waals surface area contributed by atoms with Gasteiger partial charge in [0.25, 0.3) is 12.3 Å². The lowest BCUT2D eigenvalue weighted by Gasteiger charge is -2.41. The van der Waals surface area contributed by atoms with Crippen LogP contribution in [-0.4, -0.2) is 76.5 Å². The Balaban J connectivity index is 1.19. The highest BCUT2D eigenvalue weighted by atomic mass is 127. The Morgan fingerprint density at radius 3 is 2.40 bits per heavy atom. The van der Waals surface area contributed by atoms with E-state index >= 15 is 0 Å². The van der Waals surface area contributed by atoms with Crippen molar-refractivity contribution < 1.29 is 23.1 Å². The molecule has 3 fully saturated rings. The fourth-order valence-electron chi connectivity index (χ4n) is 6.50. The molecule has 3 aromatic rings. The van der Waals surface area contributed by atoms with Crippen molar-refractivity contribution in [1.82, 2.24) is 29.3 Å². The third-order valence-electron chi connectivity index (χ3n) is 8.63. The Morgan fingerprint density at radius 1 is 1.09 bits per heavy atom. The number of aromatic nitrogens is 5. The second-order valence-electron chi connectivity index (χ2n) is 12.8. The summed E-state index contributed by atoms with van der Waals surface area (Å²) in [7, 11) is 0. The normalized spacial score (nSPS) is 24.2. The van der Waals surface area contributed by atoms with Crippen LogP contribution >= 0.6 is 22.6 Å². The summed E-state index contributed by atoms with van der Waals surface area (Å²) in [5.41, 5.74) is -0.510. The van der Waals surface area contributed by atoms with Crippen LogP contribution in [0, 0.1) is 5.92 Å². The lowest BCUT2D eigenvalue weighted by atomic mass is 9.87. The van der Waals surface area contributed by atoms with E-state index in [9.17, 15) is 18.4 Å². The van der Waals surface area contributed by atoms with Crippen molar-refractivity contribution in [2.75, 3.05) is 27.7 Å². The Morgan fingerprint density at radius 2 is 1.77 bits per heavy atom. The van der Waals surface area contributed by atoms with Gasteiger partial charge in [-0.2, -0.15) is 10.2 Å². The van der Waals surface area contributed by atoms with Crippen molar-refractivity contribution in [2.45, 2.75) is 89.4 Å². The summed E-state index contributed by atoms with van der Waals surface area (Å²) in [5, 5.41) is 11.1. The van der Waals surface area contributed by atoms with Gasteiger partial charge in [-0.1, -0.05) is 22.6 Å². The predicted octanol–water partition coefficient (Wildman–Crippen LogP) is 5.87. The summed E-state index contributed by atoms with van der Waals surface area (Å²) in [6.45, 7) is 6.76. The van der Waals surface area contributed by atoms with E-state index < -0.39 is 23.6 Å². The molecule has 3 aliphatic rings. The Labute approximate surface area is 262 Å². The van der Waals surface area contributed by atoms with Crippen LogP contribution in [-0.2, 0) is 4.74 Å². The number of alkyl halides is 3. The van der Waals surface area contributed by atoms with Crippen molar-refractivity contribution in [2.24, 2.45) is 5.92 Å². The molecule has 2 atom stereocenters. The predicted molar refractivity (Wildman–Crippen MR) is 165 cm³/mol. The maximum atomic E-state index is 14.0. The molecule has 5 heterocycles. The van der Waals surface area contributed by atoms with Crippen LogP contribution < -0.4 is 10.2 Å². The van der Waals surface area contributed by atoms with E-state index in [0.29, 0.717) is 30.5 Å². The topological polar surface area (TPSA) is 110 Å². The van der Waals surface area contributed by atoms with E-state index in [2.05, 4.69) is 43.0 Å². The number of anilines is 2. The SMILES string of the molecule is CC(C)(C)OC(=O)N1C2CCC1CN(c1ccn3ncc(C(=O)Nc4cn(C5CCC(CI)CC5)nc4C(F)F)c3n1)C2. The van der Waals surface area contributed by atoms with Crippen LogP contribution in [0.3, 0.4) is 0 Å². The molecule has 0 aromatic carbocycles. The number of ether oxygens (including phenoxy) is 1. The van der Waals surface area contributed by atoms with Crippen molar-refractivity contribution in [3.05, 3.63) is 35.9 Å². The smallest absolute Gasteiger partial charge is 0.410 e. The quantitative estimate of drug-likeness (QED) is 0.252. The molecule has 3 aromatic heterocycles. The Bertz CT molecular complexity index is 1480. The number of halogens is 3. The third kappa shape index (κ3) is 6.16. The first-order valence-corrected chi connectivity index (χ1v) is 16.4. The van der Waals surface area contributed by atoms with Gasteiger partial charge in [-0.05, 0) is 71.3 Å². The number of nitrogens with one attached hydrogen (secondary N) is 1. The first-order valence-electron chi connectivity index (χ1n) is 14.9. The molecule has 2 bridgehead atoms.